The van der Waals surface area contributed by atoms with Crippen LogP contribution in [0.5, 0.6) is 5.75 Å². The fraction of sp³-hybridized carbons (Fsp3) is 0.143. The van der Waals surface area contributed by atoms with E-state index in [0.29, 0.717) is 10.9 Å². The van der Waals surface area contributed by atoms with Gasteiger partial charge in [0.1, 0.15) is 5.82 Å². The van der Waals surface area contributed by atoms with E-state index in [1.165, 1.54) is 23.7 Å². The van der Waals surface area contributed by atoms with Crippen molar-refractivity contribution in [3.63, 3.8) is 0 Å². The van der Waals surface area contributed by atoms with E-state index >= 15 is 0 Å². The predicted molar refractivity (Wildman–Crippen MR) is 114 cm³/mol. The molecule has 2 aromatic carbocycles. The Morgan fingerprint density at radius 3 is 2.33 bits per heavy atom. The first-order valence-corrected chi connectivity index (χ1v) is 9.59. The average molecular weight is 457 g/mol. The molecule has 0 saturated carbocycles. The SMILES string of the molecule is CN(C)C(=O)Oc1c(N)nc(-n2nc(Cc3c(F)ccc(F)c3F)c3ccccc32)nc1N. The second-order valence-corrected chi connectivity index (χ2v) is 7.26. The van der Waals surface area contributed by atoms with Crippen molar-refractivity contribution in [3.05, 3.63) is 65.1 Å². The van der Waals surface area contributed by atoms with Crippen molar-refractivity contribution >= 4 is 28.6 Å². The van der Waals surface area contributed by atoms with Crippen LogP contribution in [0.15, 0.2) is 36.4 Å². The quantitative estimate of drug-likeness (QED) is 0.451. The van der Waals surface area contributed by atoms with Crippen molar-refractivity contribution < 1.29 is 22.7 Å². The van der Waals surface area contributed by atoms with Gasteiger partial charge >= 0.3 is 6.09 Å². The first-order valence-electron chi connectivity index (χ1n) is 9.59. The zero-order chi connectivity index (χ0) is 23.9. The molecule has 0 aliphatic rings. The molecule has 1 amide bonds. The number of hydrogen-bond acceptors (Lipinski definition) is 7. The fourth-order valence-electron chi connectivity index (χ4n) is 3.16. The number of rotatable bonds is 4. The van der Waals surface area contributed by atoms with Gasteiger partial charge in [-0.25, -0.2) is 18.0 Å². The molecule has 170 valence electrons. The zero-order valence-corrected chi connectivity index (χ0v) is 17.5. The molecule has 0 aliphatic carbocycles. The average Bonchev–Trinajstić information content (AvgIpc) is 3.14. The van der Waals surface area contributed by atoms with E-state index in [1.54, 1.807) is 24.3 Å². The molecule has 4 aromatic rings. The van der Waals surface area contributed by atoms with Crippen LogP contribution < -0.4 is 16.2 Å². The highest BCUT2D eigenvalue weighted by molar-refractivity contribution is 5.83. The summed E-state index contributed by atoms with van der Waals surface area (Å²) >= 11 is 0. The van der Waals surface area contributed by atoms with Crippen LogP contribution >= 0.6 is 0 Å². The van der Waals surface area contributed by atoms with Crippen LogP contribution in [0, 0.1) is 17.5 Å². The molecule has 4 N–H and O–H groups in total. The number of carbonyl (C=O) groups is 1. The lowest BCUT2D eigenvalue weighted by Crippen LogP contribution is -2.26. The smallest absolute Gasteiger partial charge is 0.402 e. The van der Waals surface area contributed by atoms with Crippen molar-refractivity contribution in [2.45, 2.75) is 6.42 Å². The maximum atomic E-state index is 14.2. The van der Waals surface area contributed by atoms with Crippen LogP contribution in [0.25, 0.3) is 16.9 Å². The van der Waals surface area contributed by atoms with E-state index in [1.807, 2.05) is 0 Å². The summed E-state index contributed by atoms with van der Waals surface area (Å²) in [4.78, 5) is 21.2. The number of anilines is 2. The summed E-state index contributed by atoms with van der Waals surface area (Å²) < 4.78 is 48.5. The second kappa shape index (κ2) is 8.30. The third-order valence-corrected chi connectivity index (χ3v) is 4.80. The largest absolute Gasteiger partial charge is 0.414 e. The highest BCUT2D eigenvalue weighted by atomic mass is 19.2. The Hall–Kier alpha value is -4.35. The van der Waals surface area contributed by atoms with Gasteiger partial charge in [-0.15, -0.1) is 0 Å². The molecule has 4 rings (SSSR count). The summed E-state index contributed by atoms with van der Waals surface area (Å²) in [6, 6.07) is 8.36. The van der Waals surface area contributed by atoms with E-state index in [9.17, 15) is 18.0 Å². The normalized spacial score (nSPS) is 11.1. The van der Waals surface area contributed by atoms with Crippen LogP contribution in [-0.2, 0) is 6.42 Å². The highest BCUT2D eigenvalue weighted by Crippen LogP contribution is 2.30. The van der Waals surface area contributed by atoms with Crippen molar-refractivity contribution in [2.24, 2.45) is 0 Å². The number of aromatic nitrogens is 4. The minimum Gasteiger partial charge on any atom is -0.402 e. The molecule has 33 heavy (non-hydrogen) atoms. The molecular formula is C21H18F3N7O2. The maximum Gasteiger partial charge on any atom is 0.414 e. The van der Waals surface area contributed by atoms with Crippen molar-refractivity contribution in [2.75, 3.05) is 25.6 Å². The molecule has 0 saturated heterocycles. The number of nitrogens with two attached hydrogens (primary N) is 2. The van der Waals surface area contributed by atoms with Gasteiger partial charge in [0.25, 0.3) is 5.95 Å². The molecule has 9 nitrogen and oxygen atoms in total. The Morgan fingerprint density at radius 2 is 1.67 bits per heavy atom. The summed E-state index contributed by atoms with van der Waals surface area (Å²) in [6.07, 6.45) is -1.05. The van der Waals surface area contributed by atoms with Gasteiger partial charge < -0.3 is 21.1 Å². The molecule has 0 spiro atoms. The van der Waals surface area contributed by atoms with Gasteiger partial charge in [0, 0.05) is 31.5 Å². The summed E-state index contributed by atoms with van der Waals surface area (Å²) in [5.41, 5.74) is 12.1. The van der Waals surface area contributed by atoms with Gasteiger partial charge in [-0.2, -0.15) is 19.7 Å². The standard InChI is InChI=1S/C21H18F3N7O2/c1-30(2)21(32)33-17-18(25)27-20(28-19(17)26)31-15-6-4-3-5-10(15)14(29-31)9-11-12(22)7-8-13(23)16(11)24/h3-8H,9H2,1-2H3,(H4,25,26,27,28). The lowest BCUT2D eigenvalue weighted by atomic mass is 10.1. The number of nitrogen functional groups attached to an aromatic ring is 2. The third kappa shape index (κ3) is 3.97. The van der Waals surface area contributed by atoms with E-state index < -0.39 is 29.1 Å². The molecule has 0 fully saturated rings. The number of carbonyl (C=O) groups excluding carboxylic acids is 1. The topological polar surface area (TPSA) is 125 Å². The first-order chi connectivity index (χ1) is 15.7. The summed E-state index contributed by atoms with van der Waals surface area (Å²) in [7, 11) is 2.96. The van der Waals surface area contributed by atoms with Crippen LogP contribution in [0.4, 0.5) is 29.6 Å². The summed E-state index contributed by atoms with van der Waals surface area (Å²) in [5, 5.41) is 4.91. The molecule has 2 aromatic heterocycles. The molecule has 2 heterocycles. The van der Waals surface area contributed by atoms with E-state index in [0.717, 1.165) is 12.1 Å². The molecule has 0 unspecified atom stereocenters. The van der Waals surface area contributed by atoms with Gasteiger partial charge in [-0.3, -0.25) is 0 Å². The number of para-hydroxylation sites is 1. The van der Waals surface area contributed by atoms with Crippen LogP contribution in [0.1, 0.15) is 11.3 Å². The van der Waals surface area contributed by atoms with Crippen LogP contribution in [0.3, 0.4) is 0 Å². The first kappa shape index (κ1) is 21.9. The lowest BCUT2D eigenvalue weighted by molar-refractivity contribution is 0.172. The molecule has 0 atom stereocenters. The van der Waals surface area contributed by atoms with E-state index in [4.69, 9.17) is 16.2 Å². The Labute approximate surface area is 185 Å². The zero-order valence-electron chi connectivity index (χ0n) is 17.5. The van der Waals surface area contributed by atoms with Gasteiger partial charge in [0.2, 0.25) is 5.75 Å². The minimum absolute atomic E-state index is 0.0581. The minimum atomic E-state index is -1.29. The number of benzene rings is 2. The molecule has 12 heteroatoms. The number of ether oxygens (including phenoxy) is 1. The number of amides is 1. The fourth-order valence-corrected chi connectivity index (χ4v) is 3.16. The maximum absolute atomic E-state index is 14.2. The molecule has 0 bridgehead atoms. The molecule has 0 aliphatic heterocycles. The Balaban J connectivity index is 1.81. The lowest BCUT2D eigenvalue weighted by Gasteiger charge is -2.13. The van der Waals surface area contributed by atoms with Gasteiger partial charge in [0.05, 0.1) is 11.2 Å². The number of hydrogen-bond donors (Lipinski definition) is 2. The van der Waals surface area contributed by atoms with Crippen LogP contribution in [0.2, 0.25) is 0 Å². The highest BCUT2D eigenvalue weighted by Gasteiger charge is 2.22. The van der Waals surface area contributed by atoms with Crippen molar-refractivity contribution in [1.29, 1.82) is 0 Å². The molecular weight excluding hydrogens is 439 g/mol. The van der Waals surface area contributed by atoms with E-state index in [-0.39, 0.29) is 35.4 Å². The monoisotopic (exact) mass is 457 g/mol. The predicted octanol–water partition coefficient (Wildman–Crippen LogP) is 3.05. The molecule has 0 radical (unpaired) electrons. The van der Waals surface area contributed by atoms with E-state index in [2.05, 4.69) is 15.1 Å². The number of nitrogens with zero attached hydrogens (tertiary/aromatic N) is 5. The summed E-state index contributed by atoms with van der Waals surface area (Å²) in [6.45, 7) is 0. The summed E-state index contributed by atoms with van der Waals surface area (Å²) in [5.74, 6) is -4.04. The Morgan fingerprint density at radius 1 is 1.03 bits per heavy atom. The number of halogens is 3. The van der Waals surface area contributed by atoms with Crippen LogP contribution in [-0.4, -0.2) is 44.8 Å². The van der Waals surface area contributed by atoms with Gasteiger partial charge in [-0.1, -0.05) is 18.2 Å². The number of fused-ring (bicyclic) bond motifs is 1. The Bertz CT molecular complexity index is 1370. The van der Waals surface area contributed by atoms with Gasteiger partial charge in [-0.05, 0) is 18.2 Å². The third-order valence-electron chi connectivity index (χ3n) is 4.80. The van der Waals surface area contributed by atoms with Gasteiger partial charge in [0.15, 0.2) is 23.3 Å². The van der Waals surface area contributed by atoms with Crippen molar-refractivity contribution in [1.82, 2.24) is 24.6 Å². The van der Waals surface area contributed by atoms with Crippen molar-refractivity contribution in [3.8, 4) is 11.7 Å². The second-order valence-electron chi connectivity index (χ2n) is 7.26. The Kier molecular flexibility index (Phi) is 5.50.